The maximum absolute atomic E-state index is 12.9. The fraction of sp³-hybridized carbons (Fsp3) is 0.263. The van der Waals surface area contributed by atoms with Gasteiger partial charge in [-0.3, -0.25) is 10.1 Å². The Morgan fingerprint density at radius 3 is 2.63 bits per heavy atom. The van der Waals surface area contributed by atoms with Gasteiger partial charge >= 0.3 is 0 Å². The lowest BCUT2D eigenvalue weighted by atomic mass is 10.1. The molecule has 1 aromatic heterocycles. The Labute approximate surface area is 158 Å². The third-order valence-corrected chi connectivity index (χ3v) is 5.77. The first-order chi connectivity index (χ1) is 12.9. The van der Waals surface area contributed by atoms with Gasteiger partial charge in [0.2, 0.25) is 16.0 Å². The number of carbonyl (C=O) groups excluding carboxylic acids is 1. The van der Waals surface area contributed by atoms with Crippen molar-refractivity contribution in [2.75, 3.05) is 12.4 Å². The molecule has 0 aliphatic heterocycles. The predicted molar refractivity (Wildman–Crippen MR) is 105 cm³/mol. The van der Waals surface area contributed by atoms with Gasteiger partial charge in [-0.05, 0) is 50.2 Å². The van der Waals surface area contributed by atoms with Gasteiger partial charge < -0.3 is 4.57 Å². The highest BCUT2D eigenvalue weighted by Gasteiger charge is 2.19. The van der Waals surface area contributed by atoms with E-state index in [4.69, 9.17) is 0 Å². The number of imidazole rings is 1. The van der Waals surface area contributed by atoms with Crippen molar-refractivity contribution in [2.45, 2.75) is 31.7 Å². The second-order valence-electron chi connectivity index (χ2n) is 6.21. The summed E-state index contributed by atoms with van der Waals surface area (Å²) in [6, 6.07) is 12.1. The lowest BCUT2D eigenvalue weighted by Crippen LogP contribution is -2.21. The molecule has 0 unspecified atom stereocenters. The molecule has 2 N–H and O–H groups in total. The maximum atomic E-state index is 12.9. The molecule has 3 rings (SSSR count). The molecule has 0 spiro atoms. The number of rotatable bonds is 6. The molecule has 0 aliphatic rings. The SMILES string of the molecule is CCCn1c(NC(=O)c2cc(S(=O)(=O)NC)ccc2C)nc2ccccc21. The van der Waals surface area contributed by atoms with Gasteiger partial charge in [-0.2, -0.15) is 0 Å². The van der Waals surface area contributed by atoms with Gasteiger partial charge in [0.1, 0.15) is 0 Å². The molecule has 0 aliphatic carbocycles. The fourth-order valence-electron chi connectivity index (χ4n) is 2.92. The second-order valence-corrected chi connectivity index (χ2v) is 8.10. The third-order valence-electron chi connectivity index (χ3n) is 4.36. The number of nitrogens with one attached hydrogen (secondary N) is 2. The molecule has 1 heterocycles. The maximum Gasteiger partial charge on any atom is 0.258 e. The number of para-hydroxylation sites is 2. The van der Waals surface area contributed by atoms with Crippen LogP contribution in [0.5, 0.6) is 0 Å². The minimum absolute atomic E-state index is 0.0443. The van der Waals surface area contributed by atoms with Gasteiger partial charge in [0, 0.05) is 12.1 Å². The Hall–Kier alpha value is -2.71. The summed E-state index contributed by atoms with van der Waals surface area (Å²) in [5, 5.41) is 2.84. The van der Waals surface area contributed by atoms with Gasteiger partial charge in [-0.25, -0.2) is 18.1 Å². The first-order valence-electron chi connectivity index (χ1n) is 8.68. The summed E-state index contributed by atoms with van der Waals surface area (Å²) in [5.74, 6) is 0.0534. The predicted octanol–water partition coefficient (Wildman–Crippen LogP) is 2.92. The lowest BCUT2D eigenvalue weighted by Gasteiger charge is -2.11. The number of amides is 1. The molecular formula is C19H22N4O3S. The highest BCUT2D eigenvalue weighted by molar-refractivity contribution is 7.89. The smallest absolute Gasteiger partial charge is 0.258 e. The van der Waals surface area contributed by atoms with Crippen LogP contribution in [-0.4, -0.2) is 30.9 Å². The van der Waals surface area contributed by atoms with E-state index >= 15 is 0 Å². The van der Waals surface area contributed by atoms with E-state index in [1.165, 1.54) is 19.2 Å². The van der Waals surface area contributed by atoms with Crippen molar-refractivity contribution in [3.8, 4) is 0 Å². The van der Waals surface area contributed by atoms with Gasteiger partial charge in [-0.1, -0.05) is 25.1 Å². The summed E-state index contributed by atoms with van der Waals surface area (Å²) >= 11 is 0. The number of aromatic nitrogens is 2. The second kappa shape index (κ2) is 7.50. The molecule has 7 nitrogen and oxygen atoms in total. The van der Waals surface area contributed by atoms with Crippen molar-refractivity contribution in [1.82, 2.24) is 14.3 Å². The quantitative estimate of drug-likeness (QED) is 0.681. The Morgan fingerprint density at radius 1 is 1.19 bits per heavy atom. The van der Waals surface area contributed by atoms with Crippen LogP contribution in [0.3, 0.4) is 0 Å². The number of sulfonamides is 1. The van der Waals surface area contributed by atoms with E-state index in [1.807, 2.05) is 28.8 Å². The van der Waals surface area contributed by atoms with Crippen LogP contribution >= 0.6 is 0 Å². The van der Waals surface area contributed by atoms with Crippen LogP contribution in [0.15, 0.2) is 47.4 Å². The number of carbonyl (C=O) groups is 1. The molecule has 0 bridgehead atoms. The molecule has 1 amide bonds. The van der Waals surface area contributed by atoms with Gasteiger partial charge in [-0.15, -0.1) is 0 Å². The average Bonchev–Trinajstić information content (AvgIpc) is 2.99. The highest BCUT2D eigenvalue weighted by atomic mass is 32.2. The number of hydrogen-bond donors (Lipinski definition) is 2. The lowest BCUT2D eigenvalue weighted by molar-refractivity contribution is 0.102. The number of hydrogen-bond acceptors (Lipinski definition) is 4. The number of nitrogens with zero attached hydrogens (tertiary/aromatic N) is 2. The third kappa shape index (κ3) is 3.72. The molecule has 142 valence electrons. The largest absolute Gasteiger partial charge is 0.310 e. The summed E-state index contributed by atoms with van der Waals surface area (Å²) in [5.41, 5.74) is 2.71. The zero-order valence-corrected chi connectivity index (χ0v) is 16.3. The molecule has 3 aromatic rings. The topological polar surface area (TPSA) is 93.1 Å². The fourth-order valence-corrected chi connectivity index (χ4v) is 3.68. The molecule has 0 saturated carbocycles. The van der Waals surface area contributed by atoms with E-state index in [-0.39, 0.29) is 4.90 Å². The zero-order chi connectivity index (χ0) is 19.6. The summed E-state index contributed by atoms with van der Waals surface area (Å²) in [6.07, 6.45) is 0.887. The average molecular weight is 386 g/mol. The Balaban J connectivity index is 2.00. The van der Waals surface area contributed by atoms with Gasteiger partial charge in [0.15, 0.2) is 0 Å². The van der Waals surface area contributed by atoms with Crippen molar-refractivity contribution >= 4 is 32.9 Å². The first-order valence-corrected chi connectivity index (χ1v) is 10.2. The number of fused-ring (bicyclic) bond motifs is 1. The van der Waals surface area contributed by atoms with Crippen LogP contribution < -0.4 is 10.0 Å². The van der Waals surface area contributed by atoms with Crippen molar-refractivity contribution in [2.24, 2.45) is 0 Å². The monoisotopic (exact) mass is 386 g/mol. The zero-order valence-electron chi connectivity index (χ0n) is 15.5. The van der Waals surface area contributed by atoms with Crippen molar-refractivity contribution in [3.05, 3.63) is 53.6 Å². The summed E-state index contributed by atoms with van der Waals surface area (Å²) in [7, 11) is -2.30. The molecule has 27 heavy (non-hydrogen) atoms. The van der Waals surface area contributed by atoms with E-state index in [0.717, 1.165) is 17.5 Å². The van der Waals surface area contributed by atoms with E-state index < -0.39 is 15.9 Å². The van der Waals surface area contributed by atoms with Crippen molar-refractivity contribution in [1.29, 1.82) is 0 Å². The summed E-state index contributed by atoms with van der Waals surface area (Å²) < 4.78 is 28.3. The Bertz CT molecular complexity index is 1100. The van der Waals surface area contributed by atoms with Crippen molar-refractivity contribution < 1.29 is 13.2 Å². The number of anilines is 1. The van der Waals surface area contributed by atoms with Crippen LogP contribution in [0.25, 0.3) is 11.0 Å². The molecule has 2 aromatic carbocycles. The van der Waals surface area contributed by atoms with Crippen LogP contribution in [0.2, 0.25) is 0 Å². The highest BCUT2D eigenvalue weighted by Crippen LogP contribution is 2.22. The van der Waals surface area contributed by atoms with Crippen LogP contribution in [0.4, 0.5) is 5.95 Å². The minimum atomic E-state index is -3.63. The van der Waals surface area contributed by atoms with Gasteiger partial charge in [0.05, 0.1) is 15.9 Å². The van der Waals surface area contributed by atoms with Crippen molar-refractivity contribution in [3.63, 3.8) is 0 Å². The molecule has 8 heteroatoms. The van der Waals surface area contributed by atoms with Gasteiger partial charge in [0.25, 0.3) is 5.91 Å². The van der Waals surface area contributed by atoms with E-state index in [9.17, 15) is 13.2 Å². The minimum Gasteiger partial charge on any atom is -0.310 e. The molecule has 0 saturated heterocycles. The first kappa shape index (κ1) is 19.1. The Morgan fingerprint density at radius 2 is 1.93 bits per heavy atom. The van der Waals surface area contributed by atoms with E-state index in [1.54, 1.807) is 13.0 Å². The number of benzene rings is 2. The summed E-state index contributed by atoms with van der Waals surface area (Å²) in [4.78, 5) is 17.4. The van der Waals surface area contributed by atoms with Crippen LogP contribution in [0, 0.1) is 6.92 Å². The molecule has 0 fully saturated rings. The number of aryl methyl sites for hydroxylation is 2. The van der Waals surface area contributed by atoms with Crippen LogP contribution in [0.1, 0.15) is 29.3 Å². The summed E-state index contributed by atoms with van der Waals surface area (Å²) in [6.45, 7) is 4.53. The van der Waals surface area contributed by atoms with E-state index in [2.05, 4.69) is 21.9 Å². The molecule has 0 radical (unpaired) electrons. The standard InChI is InChI=1S/C19H22N4O3S/c1-4-11-23-17-8-6-5-7-16(17)21-19(23)22-18(24)15-12-14(10-9-13(15)2)27(25,26)20-3/h5-10,12,20H,4,11H2,1-3H3,(H,21,22,24). The van der Waals surface area contributed by atoms with E-state index in [0.29, 0.717) is 23.6 Å². The van der Waals surface area contributed by atoms with Crippen LogP contribution in [-0.2, 0) is 16.6 Å². The molecular weight excluding hydrogens is 364 g/mol. The Kier molecular flexibility index (Phi) is 5.29. The normalized spacial score (nSPS) is 11.7. The molecule has 0 atom stereocenters.